The van der Waals surface area contributed by atoms with Gasteiger partial charge >= 0.3 is 0 Å². The van der Waals surface area contributed by atoms with Crippen molar-refractivity contribution in [3.05, 3.63) is 34.3 Å². The van der Waals surface area contributed by atoms with Crippen LogP contribution in [-0.2, 0) is 16.0 Å². The number of amides is 1. The molecule has 1 unspecified atom stereocenters. The van der Waals surface area contributed by atoms with Crippen LogP contribution >= 0.6 is 15.9 Å². The first kappa shape index (κ1) is 18.2. The van der Waals surface area contributed by atoms with Gasteiger partial charge in [-0.3, -0.25) is 4.79 Å². The van der Waals surface area contributed by atoms with Crippen molar-refractivity contribution in [2.45, 2.75) is 33.1 Å². The minimum atomic E-state index is 0.0295. The van der Waals surface area contributed by atoms with Crippen LogP contribution in [0, 0.1) is 11.8 Å². The van der Waals surface area contributed by atoms with Gasteiger partial charge in [-0.05, 0) is 42.9 Å². The predicted octanol–water partition coefficient (Wildman–Crippen LogP) is 3.81. The molecule has 0 aromatic heterocycles. The fourth-order valence-corrected chi connectivity index (χ4v) is 2.82. The standard InChI is InChI=1S/C17H26BrNO2/c1-13(2)10-15(17(20)19-8-5-9-21-3)11-14-6-4-7-16(18)12-14/h4,6-7,12-13,15H,5,8-11H2,1-3H3,(H,19,20). The van der Waals surface area contributed by atoms with E-state index in [9.17, 15) is 4.79 Å². The summed E-state index contributed by atoms with van der Waals surface area (Å²) in [5, 5.41) is 3.03. The molecule has 0 saturated carbocycles. The third-order valence-corrected chi connectivity index (χ3v) is 3.82. The van der Waals surface area contributed by atoms with Crippen molar-refractivity contribution < 1.29 is 9.53 Å². The third-order valence-electron chi connectivity index (χ3n) is 3.32. The van der Waals surface area contributed by atoms with E-state index in [0.717, 1.165) is 23.7 Å². The molecule has 0 aliphatic heterocycles. The molecular weight excluding hydrogens is 330 g/mol. The van der Waals surface area contributed by atoms with Gasteiger partial charge in [-0.15, -0.1) is 0 Å². The van der Waals surface area contributed by atoms with E-state index in [1.54, 1.807) is 7.11 Å². The highest BCUT2D eigenvalue weighted by atomic mass is 79.9. The van der Waals surface area contributed by atoms with Crippen molar-refractivity contribution in [1.29, 1.82) is 0 Å². The van der Waals surface area contributed by atoms with E-state index in [2.05, 4.69) is 47.2 Å². The van der Waals surface area contributed by atoms with Crippen LogP contribution in [0.3, 0.4) is 0 Å². The van der Waals surface area contributed by atoms with Crippen molar-refractivity contribution >= 4 is 21.8 Å². The SMILES string of the molecule is COCCCNC(=O)C(Cc1cccc(Br)c1)CC(C)C. The first-order chi connectivity index (χ1) is 10.0. The molecule has 1 amide bonds. The minimum Gasteiger partial charge on any atom is -0.385 e. The van der Waals surface area contributed by atoms with E-state index in [0.29, 0.717) is 19.1 Å². The topological polar surface area (TPSA) is 38.3 Å². The second-order valence-electron chi connectivity index (χ2n) is 5.80. The van der Waals surface area contributed by atoms with Gasteiger partial charge in [-0.25, -0.2) is 0 Å². The van der Waals surface area contributed by atoms with Crippen LogP contribution in [0.15, 0.2) is 28.7 Å². The van der Waals surface area contributed by atoms with Crippen LogP contribution in [-0.4, -0.2) is 26.2 Å². The summed E-state index contributed by atoms with van der Waals surface area (Å²) in [7, 11) is 1.68. The molecule has 1 rings (SSSR count). The maximum absolute atomic E-state index is 12.4. The fraction of sp³-hybridized carbons (Fsp3) is 0.588. The maximum Gasteiger partial charge on any atom is 0.223 e. The van der Waals surface area contributed by atoms with E-state index in [1.807, 2.05) is 12.1 Å². The Labute approximate surface area is 136 Å². The first-order valence-electron chi connectivity index (χ1n) is 7.54. The Kier molecular flexibility index (Phi) is 8.62. The summed E-state index contributed by atoms with van der Waals surface area (Å²) in [6.07, 6.45) is 2.55. The molecule has 118 valence electrons. The molecule has 1 aromatic rings. The molecule has 0 bridgehead atoms. The molecule has 0 fully saturated rings. The number of carbonyl (C=O) groups excluding carboxylic acids is 1. The Bertz CT molecular complexity index is 435. The van der Waals surface area contributed by atoms with Crippen LogP contribution in [0.2, 0.25) is 0 Å². The highest BCUT2D eigenvalue weighted by Gasteiger charge is 2.20. The summed E-state index contributed by atoms with van der Waals surface area (Å²) in [6.45, 7) is 5.68. The zero-order chi connectivity index (χ0) is 15.7. The Morgan fingerprint density at radius 2 is 2.14 bits per heavy atom. The molecule has 1 atom stereocenters. The molecule has 0 heterocycles. The number of carbonyl (C=O) groups is 1. The van der Waals surface area contributed by atoms with Crippen molar-refractivity contribution in [3.8, 4) is 0 Å². The lowest BCUT2D eigenvalue weighted by Crippen LogP contribution is -2.33. The smallest absolute Gasteiger partial charge is 0.223 e. The molecule has 4 heteroatoms. The number of nitrogens with one attached hydrogen (secondary N) is 1. The molecular formula is C17H26BrNO2. The minimum absolute atomic E-state index is 0.0295. The van der Waals surface area contributed by atoms with Gasteiger partial charge in [0.05, 0.1) is 0 Å². The van der Waals surface area contributed by atoms with Gasteiger partial charge in [0, 0.05) is 30.7 Å². The molecule has 21 heavy (non-hydrogen) atoms. The first-order valence-corrected chi connectivity index (χ1v) is 8.33. The summed E-state index contributed by atoms with van der Waals surface area (Å²) in [4.78, 5) is 12.4. The molecule has 0 saturated heterocycles. The third kappa shape index (κ3) is 7.63. The van der Waals surface area contributed by atoms with Crippen LogP contribution in [0.1, 0.15) is 32.3 Å². The number of benzene rings is 1. The monoisotopic (exact) mass is 355 g/mol. The van der Waals surface area contributed by atoms with Gasteiger partial charge in [-0.2, -0.15) is 0 Å². The lowest BCUT2D eigenvalue weighted by molar-refractivity contribution is -0.125. The van der Waals surface area contributed by atoms with E-state index in [-0.39, 0.29) is 11.8 Å². The molecule has 1 N–H and O–H groups in total. The van der Waals surface area contributed by atoms with Crippen molar-refractivity contribution in [2.75, 3.05) is 20.3 Å². The highest BCUT2D eigenvalue weighted by Crippen LogP contribution is 2.20. The molecule has 3 nitrogen and oxygen atoms in total. The summed E-state index contributed by atoms with van der Waals surface area (Å²) in [5.74, 6) is 0.688. The van der Waals surface area contributed by atoms with E-state index >= 15 is 0 Å². The average molecular weight is 356 g/mol. The summed E-state index contributed by atoms with van der Waals surface area (Å²) in [6, 6.07) is 8.19. The summed E-state index contributed by atoms with van der Waals surface area (Å²) >= 11 is 3.48. The van der Waals surface area contributed by atoms with Crippen LogP contribution < -0.4 is 5.32 Å². The van der Waals surface area contributed by atoms with E-state index < -0.39 is 0 Å². The second kappa shape index (κ2) is 9.96. The zero-order valence-electron chi connectivity index (χ0n) is 13.2. The molecule has 0 spiro atoms. The summed E-state index contributed by atoms with van der Waals surface area (Å²) in [5.41, 5.74) is 1.20. The number of hydrogen-bond donors (Lipinski definition) is 1. The van der Waals surface area contributed by atoms with Gasteiger partial charge in [-0.1, -0.05) is 41.9 Å². The maximum atomic E-state index is 12.4. The lowest BCUT2D eigenvalue weighted by Gasteiger charge is -2.19. The predicted molar refractivity (Wildman–Crippen MR) is 90.3 cm³/mol. The average Bonchev–Trinajstić information content (AvgIpc) is 2.42. The molecule has 1 aromatic carbocycles. The number of methoxy groups -OCH3 is 1. The van der Waals surface area contributed by atoms with Crippen LogP contribution in [0.4, 0.5) is 0 Å². The van der Waals surface area contributed by atoms with Gasteiger partial charge in [0.15, 0.2) is 0 Å². The van der Waals surface area contributed by atoms with Crippen molar-refractivity contribution in [3.63, 3.8) is 0 Å². The number of ether oxygens (including phenoxy) is 1. The van der Waals surface area contributed by atoms with E-state index in [1.165, 1.54) is 5.56 Å². The summed E-state index contributed by atoms with van der Waals surface area (Å²) < 4.78 is 6.06. The molecule has 0 aliphatic carbocycles. The van der Waals surface area contributed by atoms with Gasteiger partial charge in [0.2, 0.25) is 5.91 Å². The Morgan fingerprint density at radius 1 is 1.38 bits per heavy atom. The lowest BCUT2D eigenvalue weighted by atomic mass is 9.90. The quantitative estimate of drug-likeness (QED) is 0.684. The Morgan fingerprint density at radius 3 is 2.76 bits per heavy atom. The van der Waals surface area contributed by atoms with Gasteiger partial charge in [0.1, 0.15) is 0 Å². The Balaban J connectivity index is 2.60. The largest absolute Gasteiger partial charge is 0.385 e. The highest BCUT2D eigenvalue weighted by molar-refractivity contribution is 9.10. The van der Waals surface area contributed by atoms with Gasteiger partial charge in [0.25, 0.3) is 0 Å². The van der Waals surface area contributed by atoms with Crippen LogP contribution in [0.5, 0.6) is 0 Å². The zero-order valence-corrected chi connectivity index (χ0v) is 14.8. The molecule has 0 radical (unpaired) electrons. The molecule has 0 aliphatic rings. The number of hydrogen-bond acceptors (Lipinski definition) is 2. The Hall–Kier alpha value is -0.870. The number of rotatable bonds is 9. The van der Waals surface area contributed by atoms with Gasteiger partial charge < -0.3 is 10.1 Å². The second-order valence-corrected chi connectivity index (χ2v) is 6.71. The van der Waals surface area contributed by atoms with Crippen LogP contribution in [0.25, 0.3) is 0 Å². The van der Waals surface area contributed by atoms with Crippen molar-refractivity contribution in [2.24, 2.45) is 11.8 Å². The number of halogens is 1. The van der Waals surface area contributed by atoms with Crippen molar-refractivity contribution in [1.82, 2.24) is 5.32 Å². The normalized spacial score (nSPS) is 12.4. The van der Waals surface area contributed by atoms with E-state index in [4.69, 9.17) is 4.74 Å². The fourth-order valence-electron chi connectivity index (χ4n) is 2.37.